The van der Waals surface area contributed by atoms with E-state index in [1.807, 2.05) is 44.2 Å². The van der Waals surface area contributed by atoms with E-state index in [0.29, 0.717) is 17.9 Å². The Morgan fingerprint density at radius 3 is 2.37 bits per heavy atom. The summed E-state index contributed by atoms with van der Waals surface area (Å²) in [6, 6.07) is 11.0. The number of benzene rings is 1. The number of amides is 2. The predicted molar refractivity (Wildman–Crippen MR) is 133 cm³/mol. The lowest BCUT2D eigenvalue weighted by Gasteiger charge is -2.18. The van der Waals surface area contributed by atoms with Crippen molar-refractivity contribution in [1.29, 1.82) is 0 Å². The van der Waals surface area contributed by atoms with E-state index >= 15 is 0 Å². The maximum absolute atomic E-state index is 13.5. The van der Waals surface area contributed by atoms with Crippen molar-refractivity contribution in [2.24, 2.45) is 5.73 Å². The van der Waals surface area contributed by atoms with E-state index in [-0.39, 0.29) is 37.7 Å². The SMILES string of the molecule is CCCCOCCn1c(=O)n2c(C(=O)NCCC(N)=O)cc(-c3ccccc3)c(C(C)C)n2c1=O. The Morgan fingerprint density at radius 1 is 1.06 bits per heavy atom. The topological polar surface area (TPSA) is 129 Å². The Labute approximate surface area is 203 Å². The molecule has 10 heteroatoms. The van der Waals surface area contributed by atoms with Crippen molar-refractivity contribution in [2.45, 2.75) is 52.5 Å². The zero-order chi connectivity index (χ0) is 25.5. The second kappa shape index (κ2) is 11.7. The van der Waals surface area contributed by atoms with Crippen LogP contribution in [0.3, 0.4) is 0 Å². The van der Waals surface area contributed by atoms with E-state index in [9.17, 15) is 19.2 Å². The molecule has 0 aliphatic rings. The highest BCUT2D eigenvalue weighted by atomic mass is 16.5. The van der Waals surface area contributed by atoms with Crippen LogP contribution >= 0.6 is 0 Å². The number of nitrogens with one attached hydrogen (secondary N) is 1. The summed E-state index contributed by atoms with van der Waals surface area (Å²) in [6.45, 7) is 6.73. The molecule has 3 aromatic rings. The van der Waals surface area contributed by atoms with Crippen LogP contribution < -0.4 is 22.4 Å². The maximum atomic E-state index is 13.5. The summed E-state index contributed by atoms with van der Waals surface area (Å²) in [5, 5.41) is 2.62. The molecule has 0 bridgehead atoms. The van der Waals surface area contributed by atoms with Crippen molar-refractivity contribution in [3.05, 3.63) is 68.8 Å². The number of carbonyl (C=O) groups excluding carboxylic acids is 2. The predicted octanol–water partition coefficient (Wildman–Crippen LogP) is 1.77. The van der Waals surface area contributed by atoms with Crippen LogP contribution in [0.4, 0.5) is 0 Å². The van der Waals surface area contributed by atoms with Gasteiger partial charge < -0.3 is 15.8 Å². The lowest BCUT2D eigenvalue weighted by Crippen LogP contribution is -2.33. The van der Waals surface area contributed by atoms with Gasteiger partial charge in [0, 0.05) is 25.1 Å². The molecular formula is C25H33N5O5. The van der Waals surface area contributed by atoms with E-state index in [2.05, 4.69) is 12.2 Å². The normalized spacial score (nSPS) is 11.3. The minimum atomic E-state index is -0.629. The Morgan fingerprint density at radius 2 is 1.74 bits per heavy atom. The molecule has 0 aliphatic carbocycles. The van der Waals surface area contributed by atoms with E-state index in [0.717, 1.165) is 27.5 Å². The Balaban J connectivity index is 2.21. The first-order chi connectivity index (χ1) is 16.8. The lowest BCUT2D eigenvalue weighted by molar-refractivity contribution is -0.117. The number of fused-ring (bicyclic) bond motifs is 1. The first-order valence-corrected chi connectivity index (χ1v) is 11.9. The third kappa shape index (κ3) is 5.71. The van der Waals surface area contributed by atoms with Crippen LogP contribution in [0.2, 0.25) is 0 Å². The molecule has 3 N–H and O–H groups in total. The van der Waals surface area contributed by atoms with Gasteiger partial charge in [-0.3, -0.25) is 9.59 Å². The molecule has 0 fully saturated rings. The van der Waals surface area contributed by atoms with Crippen molar-refractivity contribution >= 4 is 11.8 Å². The van der Waals surface area contributed by atoms with Gasteiger partial charge in [0.25, 0.3) is 5.91 Å². The highest BCUT2D eigenvalue weighted by molar-refractivity contribution is 5.94. The van der Waals surface area contributed by atoms with Crippen LogP contribution in [0.15, 0.2) is 46.0 Å². The quantitative estimate of drug-likeness (QED) is 0.379. The molecule has 188 valence electrons. The fraction of sp³-hybridized carbons (Fsp3) is 0.440. The Bertz CT molecular complexity index is 1300. The molecule has 35 heavy (non-hydrogen) atoms. The first-order valence-electron chi connectivity index (χ1n) is 11.9. The van der Waals surface area contributed by atoms with Gasteiger partial charge in [-0.25, -0.2) is 14.2 Å². The summed E-state index contributed by atoms with van der Waals surface area (Å²) < 4.78 is 9.05. The number of carbonyl (C=O) groups is 2. The average Bonchev–Trinajstić information content (AvgIpc) is 3.08. The van der Waals surface area contributed by atoms with Gasteiger partial charge in [0.2, 0.25) is 5.91 Å². The molecule has 3 rings (SSSR count). The summed E-state index contributed by atoms with van der Waals surface area (Å²) in [7, 11) is 0. The Hall–Kier alpha value is -3.66. The van der Waals surface area contributed by atoms with Gasteiger partial charge in [0.15, 0.2) is 0 Å². The number of ether oxygens (including phenoxy) is 1. The molecule has 2 aromatic heterocycles. The van der Waals surface area contributed by atoms with Gasteiger partial charge in [-0.2, -0.15) is 9.03 Å². The van der Waals surface area contributed by atoms with Crippen LogP contribution in [-0.4, -0.2) is 45.2 Å². The summed E-state index contributed by atoms with van der Waals surface area (Å²) in [5.74, 6) is -1.28. The second-order valence-corrected chi connectivity index (χ2v) is 8.63. The van der Waals surface area contributed by atoms with Crippen LogP contribution in [0.25, 0.3) is 11.1 Å². The molecule has 2 heterocycles. The standard InChI is InChI=1S/C25H33N5O5/c1-4-5-14-35-15-13-28-24(33)29-20(23(32)27-12-11-21(26)31)16-19(18-9-7-6-8-10-18)22(17(2)3)30(29)25(28)34/h6-10,16-17H,4-5,11-15H2,1-3H3,(H2,26,31)(H,27,32). The van der Waals surface area contributed by atoms with E-state index in [1.54, 1.807) is 6.07 Å². The largest absolute Gasteiger partial charge is 0.380 e. The molecule has 0 radical (unpaired) electrons. The number of nitrogens with zero attached hydrogens (tertiary/aromatic N) is 3. The van der Waals surface area contributed by atoms with Gasteiger partial charge in [0.05, 0.1) is 18.8 Å². The van der Waals surface area contributed by atoms with Crippen LogP contribution in [0.1, 0.15) is 62.1 Å². The fourth-order valence-corrected chi connectivity index (χ4v) is 3.94. The number of primary amides is 1. The molecule has 0 aliphatic heterocycles. The first kappa shape index (κ1) is 26.0. The summed E-state index contributed by atoms with van der Waals surface area (Å²) in [6.07, 6.45) is 1.82. The summed E-state index contributed by atoms with van der Waals surface area (Å²) in [5.41, 5.74) is 6.08. The van der Waals surface area contributed by atoms with Gasteiger partial charge in [0.1, 0.15) is 5.69 Å². The highest BCUT2D eigenvalue weighted by Crippen LogP contribution is 2.29. The molecule has 0 saturated heterocycles. The molecule has 1 aromatic carbocycles. The number of hydrogen-bond donors (Lipinski definition) is 2. The molecular weight excluding hydrogens is 450 g/mol. The van der Waals surface area contributed by atoms with Crippen molar-refractivity contribution in [3.8, 4) is 11.1 Å². The third-order valence-electron chi connectivity index (χ3n) is 5.66. The van der Waals surface area contributed by atoms with Crippen molar-refractivity contribution in [2.75, 3.05) is 19.8 Å². The zero-order valence-corrected chi connectivity index (χ0v) is 20.5. The highest BCUT2D eigenvalue weighted by Gasteiger charge is 2.25. The molecule has 0 saturated carbocycles. The second-order valence-electron chi connectivity index (χ2n) is 8.63. The van der Waals surface area contributed by atoms with Crippen LogP contribution in [-0.2, 0) is 16.1 Å². The fourth-order valence-electron chi connectivity index (χ4n) is 3.94. The summed E-state index contributed by atoms with van der Waals surface area (Å²) >= 11 is 0. The van der Waals surface area contributed by atoms with Gasteiger partial charge >= 0.3 is 11.4 Å². The maximum Gasteiger partial charge on any atom is 0.352 e. The molecule has 0 unspecified atom stereocenters. The minimum absolute atomic E-state index is 0.00882. The molecule has 0 spiro atoms. The average molecular weight is 484 g/mol. The van der Waals surface area contributed by atoms with Crippen molar-refractivity contribution < 1.29 is 14.3 Å². The van der Waals surface area contributed by atoms with Gasteiger partial charge in [-0.15, -0.1) is 0 Å². The smallest absolute Gasteiger partial charge is 0.352 e. The van der Waals surface area contributed by atoms with E-state index < -0.39 is 23.2 Å². The lowest BCUT2D eigenvalue weighted by atomic mass is 9.97. The number of unbranched alkanes of at least 4 members (excludes halogenated alkanes) is 1. The molecule has 10 nitrogen and oxygen atoms in total. The van der Waals surface area contributed by atoms with Crippen LogP contribution in [0.5, 0.6) is 0 Å². The third-order valence-corrected chi connectivity index (χ3v) is 5.66. The number of hydrogen-bond acceptors (Lipinski definition) is 5. The summed E-state index contributed by atoms with van der Waals surface area (Å²) in [4.78, 5) is 51.2. The van der Waals surface area contributed by atoms with Crippen molar-refractivity contribution in [3.63, 3.8) is 0 Å². The van der Waals surface area contributed by atoms with E-state index in [1.165, 1.54) is 4.52 Å². The van der Waals surface area contributed by atoms with E-state index in [4.69, 9.17) is 10.5 Å². The molecule has 2 amide bonds. The van der Waals surface area contributed by atoms with Gasteiger partial charge in [-0.05, 0) is 24.0 Å². The van der Waals surface area contributed by atoms with Crippen molar-refractivity contribution in [1.82, 2.24) is 18.9 Å². The number of rotatable bonds is 12. The minimum Gasteiger partial charge on any atom is -0.380 e. The van der Waals surface area contributed by atoms with Gasteiger partial charge in [-0.1, -0.05) is 57.5 Å². The number of nitrogens with two attached hydrogens (primary N) is 1. The Kier molecular flexibility index (Phi) is 8.64. The number of aromatic nitrogens is 3. The van der Waals surface area contributed by atoms with Crippen LogP contribution in [0, 0.1) is 0 Å². The zero-order valence-electron chi connectivity index (χ0n) is 20.5. The monoisotopic (exact) mass is 483 g/mol. The molecule has 0 atom stereocenters.